The van der Waals surface area contributed by atoms with Crippen molar-refractivity contribution in [2.45, 2.75) is 63.7 Å². The van der Waals surface area contributed by atoms with Crippen LogP contribution in [0.1, 0.15) is 80.1 Å². The van der Waals surface area contributed by atoms with Gasteiger partial charge in [0.1, 0.15) is 5.82 Å². The second-order valence-electron chi connectivity index (χ2n) is 6.72. The van der Waals surface area contributed by atoms with Gasteiger partial charge >= 0.3 is 0 Å². The summed E-state index contributed by atoms with van der Waals surface area (Å²) in [4.78, 5) is 20.0. The number of rotatable bonds is 5. The Morgan fingerprint density at radius 2 is 2.22 bits per heavy atom. The lowest BCUT2D eigenvalue weighted by Crippen LogP contribution is -2.25. The number of H-pyrrole nitrogens is 2. The molecule has 0 unspecified atom stereocenters. The van der Waals surface area contributed by atoms with E-state index in [2.05, 4.69) is 32.4 Å². The maximum Gasteiger partial charge on any atom is 0.226 e. The second-order valence-corrected chi connectivity index (χ2v) is 6.72. The van der Waals surface area contributed by atoms with Crippen molar-refractivity contribution in [3.05, 3.63) is 29.0 Å². The van der Waals surface area contributed by atoms with Crippen molar-refractivity contribution in [1.29, 1.82) is 0 Å². The Hall–Kier alpha value is -2.11. The number of amides is 1. The topological polar surface area (TPSA) is 86.5 Å². The lowest BCUT2D eigenvalue weighted by Gasteiger charge is -2.28. The number of imidazole rings is 1. The van der Waals surface area contributed by atoms with E-state index in [1.54, 1.807) is 0 Å². The number of aromatic nitrogens is 4. The van der Waals surface area contributed by atoms with Crippen molar-refractivity contribution in [3.63, 3.8) is 0 Å². The molecule has 1 amide bonds. The SMILES string of the molecule is CCCCc1ncc([C@H]2CC(=O)Nc3n[nH]c(C4CCC4)c32)[nH]1. The van der Waals surface area contributed by atoms with Gasteiger partial charge in [0.2, 0.25) is 5.91 Å². The first-order valence-electron chi connectivity index (χ1n) is 8.68. The van der Waals surface area contributed by atoms with Crippen LogP contribution < -0.4 is 5.32 Å². The van der Waals surface area contributed by atoms with E-state index in [-0.39, 0.29) is 11.8 Å². The number of carbonyl (C=O) groups is 1. The van der Waals surface area contributed by atoms with Crippen LogP contribution in [0.15, 0.2) is 6.20 Å². The van der Waals surface area contributed by atoms with Gasteiger partial charge in [0.15, 0.2) is 5.82 Å². The van der Waals surface area contributed by atoms with Crippen molar-refractivity contribution >= 4 is 11.7 Å². The third-order valence-electron chi connectivity index (χ3n) is 5.13. The molecule has 2 aromatic rings. The standard InChI is InChI=1S/C17H23N5O/c1-2-3-7-13-18-9-12(19-13)11-8-14(23)20-17-15(11)16(21-22-17)10-5-4-6-10/h9-11H,2-8H2,1H3,(H,18,19)(H2,20,21,22,23)/t11-/m1/s1. The Bertz CT molecular complexity index is 712. The van der Waals surface area contributed by atoms with Gasteiger partial charge in [-0.25, -0.2) is 4.98 Å². The molecule has 0 radical (unpaired) electrons. The van der Waals surface area contributed by atoms with Gasteiger partial charge in [0.25, 0.3) is 0 Å². The molecule has 6 nitrogen and oxygen atoms in total. The molecule has 1 aliphatic carbocycles. The molecule has 1 saturated carbocycles. The summed E-state index contributed by atoms with van der Waals surface area (Å²) in [6, 6.07) is 0. The molecule has 6 heteroatoms. The van der Waals surface area contributed by atoms with E-state index in [0.29, 0.717) is 18.2 Å². The number of carbonyl (C=O) groups excluding carboxylic acids is 1. The second kappa shape index (κ2) is 5.83. The lowest BCUT2D eigenvalue weighted by atomic mass is 9.78. The minimum absolute atomic E-state index is 0.0267. The molecule has 2 aliphatic rings. The molecule has 1 fully saturated rings. The summed E-state index contributed by atoms with van der Waals surface area (Å²) in [6.07, 6.45) is 9.29. The largest absolute Gasteiger partial charge is 0.345 e. The Labute approximate surface area is 135 Å². The molecule has 2 aromatic heterocycles. The maximum absolute atomic E-state index is 12.1. The number of fused-ring (bicyclic) bond motifs is 1. The third kappa shape index (κ3) is 2.56. The van der Waals surface area contributed by atoms with Crippen LogP contribution in [0.2, 0.25) is 0 Å². The van der Waals surface area contributed by atoms with Crippen LogP contribution >= 0.6 is 0 Å². The van der Waals surface area contributed by atoms with Gasteiger partial charge in [-0.15, -0.1) is 0 Å². The van der Waals surface area contributed by atoms with Crippen LogP contribution in [0.25, 0.3) is 0 Å². The van der Waals surface area contributed by atoms with E-state index in [9.17, 15) is 4.79 Å². The average Bonchev–Trinajstić information content (AvgIpc) is 3.10. The zero-order valence-electron chi connectivity index (χ0n) is 13.5. The molecule has 23 heavy (non-hydrogen) atoms. The van der Waals surface area contributed by atoms with Crippen LogP contribution in [0.4, 0.5) is 5.82 Å². The number of unbranched alkanes of at least 4 members (excludes halogenated alkanes) is 1. The molecule has 0 spiro atoms. The Morgan fingerprint density at radius 3 is 2.96 bits per heavy atom. The van der Waals surface area contributed by atoms with Gasteiger partial charge in [0.05, 0.1) is 0 Å². The number of nitrogens with zero attached hydrogens (tertiary/aromatic N) is 2. The fourth-order valence-electron chi connectivity index (χ4n) is 3.58. The molecule has 0 aromatic carbocycles. The zero-order chi connectivity index (χ0) is 15.8. The zero-order valence-corrected chi connectivity index (χ0v) is 13.5. The van der Waals surface area contributed by atoms with E-state index in [0.717, 1.165) is 30.8 Å². The first kappa shape index (κ1) is 14.5. The van der Waals surface area contributed by atoms with Gasteiger partial charge < -0.3 is 10.3 Å². The highest BCUT2D eigenvalue weighted by atomic mass is 16.1. The molecule has 4 rings (SSSR count). The summed E-state index contributed by atoms with van der Waals surface area (Å²) < 4.78 is 0. The maximum atomic E-state index is 12.1. The summed E-state index contributed by atoms with van der Waals surface area (Å²) in [5.41, 5.74) is 3.41. The van der Waals surface area contributed by atoms with Crippen molar-refractivity contribution in [1.82, 2.24) is 20.2 Å². The van der Waals surface area contributed by atoms with Crippen molar-refractivity contribution in [3.8, 4) is 0 Å². The smallest absolute Gasteiger partial charge is 0.226 e. The molecule has 0 saturated heterocycles. The normalized spacial score (nSPS) is 20.9. The molecule has 0 bridgehead atoms. The van der Waals surface area contributed by atoms with Crippen molar-refractivity contribution in [2.75, 3.05) is 5.32 Å². The quantitative estimate of drug-likeness (QED) is 0.792. The van der Waals surface area contributed by atoms with Crippen molar-refractivity contribution < 1.29 is 4.79 Å². The Balaban J connectivity index is 1.67. The van der Waals surface area contributed by atoms with E-state index in [4.69, 9.17) is 0 Å². The molecular weight excluding hydrogens is 290 g/mol. The Kier molecular flexibility index (Phi) is 3.67. The van der Waals surface area contributed by atoms with E-state index in [1.165, 1.54) is 30.5 Å². The highest BCUT2D eigenvalue weighted by Gasteiger charge is 2.36. The molecule has 1 aliphatic heterocycles. The number of aryl methyl sites for hydroxylation is 1. The van der Waals surface area contributed by atoms with Gasteiger partial charge in [0, 0.05) is 47.8 Å². The highest BCUT2D eigenvalue weighted by Crippen LogP contribution is 2.45. The van der Waals surface area contributed by atoms with Crippen LogP contribution in [0.5, 0.6) is 0 Å². The van der Waals surface area contributed by atoms with Gasteiger partial charge in [-0.05, 0) is 19.3 Å². The van der Waals surface area contributed by atoms with E-state index < -0.39 is 0 Å². The first-order valence-corrected chi connectivity index (χ1v) is 8.68. The van der Waals surface area contributed by atoms with Gasteiger partial charge in [-0.2, -0.15) is 5.10 Å². The monoisotopic (exact) mass is 313 g/mol. The molecular formula is C17H23N5O. The number of anilines is 1. The lowest BCUT2D eigenvalue weighted by molar-refractivity contribution is -0.116. The van der Waals surface area contributed by atoms with Crippen molar-refractivity contribution in [2.24, 2.45) is 0 Å². The number of hydrogen-bond acceptors (Lipinski definition) is 3. The van der Waals surface area contributed by atoms with Crippen LogP contribution in [-0.2, 0) is 11.2 Å². The summed E-state index contributed by atoms with van der Waals surface area (Å²) >= 11 is 0. The number of aromatic amines is 2. The minimum atomic E-state index is 0.0267. The van der Waals surface area contributed by atoms with Gasteiger partial charge in [-0.3, -0.25) is 9.89 Å². The van der Waals surface area contributed by atoms with Gasteiger partial charge in [-0.1, -0.05) is 19.8 Å². The summed E-state index contributed by atoms with van der Waals surface area (Å²) in [5.74, 6) is 2.35. The highest BCUT2D eigenvalue weighted by molar-refractivity contribution is 5.94. The number of nitrogens with one attached hydrogen (secondary N) is 3. The predicted octanol–water partition coefficient (Wildman–Crippen LogP) is 3.22. The van der Waals surface area contributed by atoms with Crippen LogP contribution in [0, 0.1) is 0 Å². The molecule has 3 heterocycles. The Morgan fingerprint density at radius 1 is 1.35 bits per heavy atom. The summed E-state index contributed by atoms with van der Waals surface area (Å²) in [6.45, 7) is 2.18. The summed E-state index contributed by atoms with van der Waals surface area (Å²) in [7, 11) is 0. The molecule has 3 N–H and O–H groups in total. The third-order valence-corrected chi connectivity index (χ3v) is 5.13. The van der Waals surface area contributed by atoms with E-state index >= 15 is 0 Å². The van der Waals surface area contributed by atoms with Crippen LogP contribution in [0.3, 0.4) is 0 Å². The first-order chi connectivity index (χ1) is 11.3. The molecule has 1 atom stereocenters. The molecule has 122 valence electrons. The predicted molar refractivity (Wildman–Crippen MR) is 87.5 cm³/mol. The van der Waals surface area contributed by atoms with E-state index in [1.807, 2.05) is 6.20 Å². The summed E-state index contributed by atoms with van der Waals surface area (Å²) in [5, 5.41) is 10.4. The minimum Gasteiger partial charge on any atom is -0.345 e. The fourth-order valence-corrected chi connectivity index (χ4v) is 3.58. The van der Waals surface area contributed by atoms with Crippen LogP contribution in [-0.4, -0.2) is 26.1 Å². The fraction of sp³-hybridized carbons (Fsp3) is 0.588. The average molecular weight is 313 g/mol. The number of hydrogen-bond donors (Lipinski definition) is 3.